The molecule has 0 aliphatic carbocycles. The van der Waals surface area contributed by atoms with Crippen LogP contribution in [0.3, 0.4) is 0 Å². The molecule has 6 nitrogen and oxygen atoms in total. The fourth-order valence-electron chi connectivity index (χ4n) is 3.10. The van der Waals surface area contributed by atoms with E-state index >= 15 is 0 Å². The predicted octanol–water partition coefficient (Wildman–Crippen LogP) is 3.76. The molecule has 2 rings (SSSR count). The SMILES string of the molecule is CCCCOc1c(Cl)cc(C(=O)NCC(C)(C)N2CCOCC2)cc1OCC. The van der Waals surface area contributed by atoms with Gasteiger partial charge in [0.05, 0.1) is 31.5 Å². The summed E-state index contributed by atoms with van der Waals surface area (Å²) in [6.45, 7) is 13.0. The normalized spacial score (nSPS) is 15.3. The number of benzene rings is 1. The van der Waals surface area contributed by atoms with Crippen LogP contribution in [0.25, 0.3) is 0 Å². The Bertz CT molecular complexity index is 646. The number of nitrogens with zero attached hydrogens (tertiary/aromatic N) is 1. The van der Waals surface area contributed by atoms with E-state index in [1.165, 1.54) is 0 Å². The van der Waals surface area contributed by atoms with Gasteiger partial charge in [-0.1, -0.05) is 24.9 Å². The highest BCUT2D eigenvalue weighted by Crippen LogP contribution is 2.37. The Hall–Kier alpha value is -1.50. The minimum Gasteiger partial charge on any atom is -0.490 e. The van der Waals surface area contributed by atoms with Crippen LogP contribution in [-0.2, 0) is 4.74 Å². The number of unbranched alkanes of at least 4 members (excludes halogenated alkanes) is 1. The number of rotatable bonds is 10. The van der Waals surface area contributed by atoms with E-state index in [1.54, 1.807) is 12.1 Å². The van der Waals surface area contributed by atoms with Crippen molar-refractivity contribution in [3.8, 4) is 11.5 Å². The Balaban J connectivity index is 2.07. The zero-order valence-electron chi connectivity index (χ0n) is 17.5. The molecule has 1 aliphatic rings. The summed E-state index contributed by atoms with van der Waals surface area (Å²) in [4.78, 5) is 15.1. The van der Waals surface area contributed by atoms with Gasteiger partial charge in [0, 0.05) is 30.7 Å². The first-order chi connectivity index (χ1) is 13.4. The zero-order valence-corrected chi connectivity index (χ0v) is 18.2. The monoisotopic (exact) mass is 412 g/mol. The Morgan fingerprint density at radius 3 is 2.61 bits per heavy atom. The van der Waals surface area contributed by atoms with E-state index in [4.69, 9.17) is 25.8 Å². The molecule has 1 aromatic rings. The molecular formula is C21H33ClN2O4. The topological polar surface area (TPSA) is 60.0 Å². The summed E-state index contributed by atoms with van der Waals surface area (Å²) in [5.41, 5.74) is 0.309. The van der Waals surface area contributed by atoms with Crippen molar-refractivity contribution in [2.45, 2.75) is 46.1 Å². The summed E-state index contributed by atoms with van der Waals surface area (Å²) in [5, 5.41) is 3.42. The molecule has 158 valence electrons. The van der Waals surface area contributed by atoms with Gasteiger partial charge in [0.25, 0.3) is 5.91 Å². The maximum atomic E-state index is 12.7. The summed E-state index contributed by atoms with van der Waals surface area (Å²) in [7, 11) is 0. The molecule has 1 N–H and O–H groups in total. The van der Waals surface area contributed by atoms with Crippen molar-refractivity contribution in [1.82, 2.24) is 10.2 Å². The Kier molecular flexibility index (Phi) is 8.86. The van der Waals surface area contributed by atoms with Crippen molar-refractivity contribution in [3.05, 3.63) is 22.7 Å². The van der Waals surface area contributed by atoms with Crippen LogP contribution in [0.2, 0.25) is 5.02 Å². The average molecular weight is 413 g/mol. The van der Waals surface area contributed by atoms with Crippen molar-refractivity contribution >= 4 is 17.5 Å². The van der Waals surface area contributed by atoms with Gasteiger partial charge in [0.2, 0.25) is 0 Å². The van der Waals surface area contributed by atoms with E-state index in [-0.39, 0.29) is 11.4 Å². The van der Waals surface area contributed by atoms with E-state index in [1.807, 2.05) is 6.92 Å². The van der Waals surface area contributed by atoms with Crippen molar-refractivity contribution in [3.63, 3.8) is 0 Å². The highest BCUT2D eigenvalue weighted by molar-refractivity contribution is 6.32. The van der Waals surface area contributed by atoms with Crippen molar-refractivity contribution in [2.75, 3.05) is 46.1 Å². The lowest BCUT2D eigenvalue weighted by atomic mass is 10.0. The number of amides is 1. The number of nitrogens with one attached hydrogen (secondary N) is 1. The van der Waals surface area contributed by atoms with E-state index in [0.717, 1.165) is 39.1 Å². The minimum atomic E-state index is -0.177. The molecule has 28 heavy (non-hydrogen) atoms. The first kappa shape index (κ1) is 22.8. The van der Waals surface area contributed by atoms with E-state index < -0.39 is 0 Å². The third-order valence-electron chi connectivity index (χ3n) is 4.86. The maximum Gasteiger partial charge on any atom is 0.251 e. The van der Waals surface area contributed by atoms with Crippen molar-refractivity contribution < 1.29 is 19.0 Å². The number of carbonyl (C=O) groups is 1. The fraction of sp³-hybridized carbons (Fsp3) is 0.667. The lowest BCUT2D eigenvalue weighted by Gasteiger charge is -2.40. The number of carbonyl (C=O) groups excluding carboxylic acids is 1. The lowest BCUT2D eigenvalue weighted by molar-refractivity contribution is -0.00923. The molecule has 0 radical (unpaired) electrons. The van der Waals surface area contributed by atoms with Gasteiger partial charge >= 0.3 is 0 Å². The van der Waals surface area contributed by atoms with Crippen LogP contribution in [0.5, 0.6) is 11.5 Å². The highest BCUT2D eigenvalue weighted by atomic mass is 35.5. The largest absolute Gasteiger partial charge is 0.490 e. The molecule has 0 saturated carbocycles. The second-order valence-corrected chi connectivity index (χ2v) is 7.92. The molecule has 0 unspecified atom stereocenters. The Morgan fingerprint density at radius 1 is 1.25 bits per heavy atom. The second-order valence-electron chi connectivity index (χ2n) is 7.51. The lowest BCUT2D eigenvalue weighted by Crippen LogP contribution is -2.55. The maximum absolute atomic E-state index is 12.7. The standard InChI is InChI=1S/C21H33ClN2O4/c1-5-7-10-28-19-17(22)13-16(14-18(19)27-6-2)20(25)23-15-21(3,4)24-8-11-26-12-9-24/h13-14H,5-12,15H2,1-4H3,(H,23,25). The van der Waals surface area contributed by atoms with Gasteiger partial charge in [-0.3, -0.25) is 9.69 Å². The number of hydrogen-bond acceptors (Lipinski definition) is 5. The molecule has 1 amide bonds. The average Bonchev–Trinajstić information content (AvgIpc) is 2.69. The Morgan fingerprint density at radius 2 is 1.96 bits per heavy atom. The molecule has 1 aromatic carbocycles. The fourth-order valence-corrected chi connectivity index (χ4v) is 3.37. The van der Waals surface area contributed by atoms with E-state index in [9.17, 15) is 4.79 Å². The van der Waals surface area contributed by atoms with Gasteiger partial charge in [-0.2, -0.15) is 0 Å². The molecule has 1 heterocycles. The van der Waals surface area contributed by atoms with Gasteiger partial charge in [-0.15, -0.1) is 0 Å². The first-order valence-corrected chi connectivity index (χ1v) is 10.5. The molecule has 0 atom stereocenters. The zero-order chi connectivity index (χ0) is 20.6. The number of hydrogen-bond donors (Lipinski definition) is 1. The predicted molar refractivity (Wildman–Crippen MR) is 112 cm³/mol. The van der Waals surface area contributed by atoms with Gasteiger partial charge in [0.1, 0.15) is 0 Å². The molecule has 1 fully saturated rings. The molecule has 0 bridgehead atoms. The quantitative estimate of drug-likeness (QED) is 0.593. The third-order valence-corrected chi connectivity index (χ3v) is 5.15. The summed E-state index contributed by atoms with van der Waals surface area (Å²) in [6, 6.07) is 3.34. The Labute approximate surface area is 173 Å². The number of ether oxygens (including phenoxy) is 3. The smallest absolute Gasteiger partial charge is 0.251 e. The van der Waals surface area contributed by atoms with Crippen LogP contribution in [0.4, 0.5) is 0 Å². The number of halogens is 1. The van der Waals surface area contributed by atoms with Crippen LogP contribution < -0.4 is 14.8 Å². The second kappa shape index (κ2) is 10.9. The van der Waals surface area contributed by atoms with Gasteiger partial charge in [-0.25, -0.2) is 0 Å². The van der Waals surface area contributed by atoms with Crippen LogP contribution in [0.15, 0.2) is 12.1 Å². The van der Waals surface area contributed by atoms with Crippen LogP contribution in [-0.4, -0.2) is 62.4 Å². The van der Waals surface area contributed by atoms with Crippen molar-refractivity contribution in [2.24, 2.45) is 0 Å². The summed E-state index contributed by atoms with van der Waals surface area (Å²) < 4.78 is 16.9. The number of morpholine rings is 1. The van der Waals surface area contributed by atoms with Crippen LogP contribution in [0, 0.1) is 0 Å². The molecule has 0 aromatic heterocycles. The molecule has 1 aliphatic heterocycles. The molecular weight excluding hydrogens is 380 g/mol. The van der Waals surface area contributed by atoms with Crippen LogP contribution >= 0.6 is 11.6 Å². The van der Waals surface area contributed by atoms with Crippen LogP contribution in [0.1, 0.15) is 50.9 Å². The summed E-state index contributed by atoms with van der Waals surface area (Å²) in [5.74, 6) is 0.829. The van der Waals surface area contributed by atoms with Gasteiger partial charge in [-0.05, 0) is 39.3 Å². The van der Waals surface area contributed by atoms with Crippen molar-refractivity contribution in [1.29, 1.82) is 0 Å². The van der Waals surface area contributed by atoms with E-state index in [2.05, 4.69) is 31.0 Å². The summed E-state index contributed by atoms with van der Waals surface area (Å²) >= 11 is 6.40. The summed E-state index contributed by atoms with van der Waals surface area (Å²) in [6.07, 6.45) is 1.96. The molecule has 1 saturated heterocycles. The molecule has 0 spiro atoms. The minimum absolute atomic E-state index is 0.158. The van der Waals surface area contributed by atoms with Gasteiger partial charge in [0.15, 0.2) is 11.5 Å². The first-order valence-electron chi connectivity index (χ1n) is 10.1. The highest BCUT2D eigenvalue weighted by Gasteiger charge is 2.29. The third kappa shape index (κ3) is 6.26. The van der Waals surface area contributed by atoms with E-state index in [0.29, 0.717) is 41.8 Å². The van der Waals surface area contributed by atoms with Gasteiger partial charge < -0.3 is 19.5 Å². The molecule has 7 heteroatoms.